The Morgan fingerprint density at radius 1 is 1.06 bits per heavy atom. The number of hydrogen-bond donors (Lipinski definition) is 1. The lowest BCUT2D eigenvalue weighted by Crippen LogP contribution is -2.17. The van der Waals surface area contributed by atoms with Gasteiger partial charge < -0.3 is 24.1 Å². The Kier molecular flexibility index (Phi) is 6.38. The van der Waals surface area contributed by atoms with Crippen LogP contribution in [0.3, 0.4) is 0 Å². The normalized spacial score (nSPS) is 13.4. The van der Waals surface area contributed by atoms with Gasteiger partial charge in [0, 0.05) is 18.2 Å². The van der Waals surface area contributed by atoms with E-state index in [1.807, 2.05) is 45.3 Å². The fourth-order valence-corrected chi connectivity index (χ4v) is 4.69. The van der Waals surface area contributed by atoms with Crippen LogP contribution >= 0.6 is 0 Å². The number of sulfone groups is 1. The van der Waals surface area contributed by atoms with Crippen molar-refractivity contribution in [2.75, 3.05) is 45.7 Å². The first kappa shape index (κ1) is 22.2. The minimum atomic E-state index is -3.97. The monoisotopic (exact) mass is 457 g/mol. The van der Waals surface area contributed by atoms with E-state index in [0.717, 1.165) is 18.5 Å². The van der Waals surface area contributed by atoms with E-state index in [4.69, 9.17) is 13.9 Å². The molecule has 0 spiro atoms. The van der Waals surface area contributed by atoms with Gasteiger partial charge in [-0.2, -0.15) is 4.98 Å². The number of nitrogens with one attached hydrogen (secondary N) is 1. The third-order valence-electron chi connectivity index (χ3n) is 5.01. The number of benzene rings is 2. The molecule has 9 heteroatoms. The summed E-state index contributed by atoms with van der Waals surface area (Å²) < 4.78 is 44.0. The highest BCUT2D eigenvalue weighted by Crippen LogP contribution is 2.37. The maximum absolute atomic E-state index is 13.5. The van der Waals surface area contributed by atoms with Gasteiger partial charge in [-0.05, 0) is 58.3 Å². The number of rotatable bonds is 8. The van der Waals surface area contributed by atoms with Gasteiger partial charge in [0.2, 0.25) is 26.6 Å². The number of aryl methyl sites for hydroxylation is 1. The predicted molar refractivity (Wildman–Crippen MR) is 121 cm³/mol. The van der Waals surface area contributed by atoms with Crippen molar-refractivity contribution in [1.82, 2.24) is 9.88 Å². The van der Waals surface area contributed by atoms with Gasteiger partial charge in [0.25, 0.3) is 0 Å². The second-order valence-corrected chi connectivity index (χ2v) is 9.78. The van der Waals surface area contributed by atoms with Crippen molar-refractivity contribution in [1.29, 1.82) is 0 Å². The van der Waals surface area contributed by atoms with Crippen LogP contribution in [0.25, 0.3) is 11.5 Å². The zero-order valence-electron chi connectivity index (χ0n) is 18.4. The number of oxazole rings is 1. The molecule has 2 heterocycles. The van der Waals surface area contributed by atoms with E-state index in [2.05, 4.69) is 15.2 Å². The van der Waals surface area contributed by atoms with Gasteiger partial charge in [0.15, 0.2) is 11.5 Å². The van der Waals surface area contributed by atoms with Crippen molar-refractivity contribution >= 4 is 15.7 Å². The van der Waals surface area contributed by atoms with Gasteiger partial charge in [0.05, 0.1) is 4.90 Å². The molecule has 3 aromatic rings. The average molecular weight is 458 g/mol. The second kappa shape index (κ2) is 9.22. The summed E-state index contributed by atoms with van der Waals surface area (Å²) in [6, 6.07) is 12.2. The molecule has 0 bridgehead atoms. The minimum Gasteiger partial charge on any atom is -0.486 e. The van der Waals surface area contributed by atoms with Crippen molar-refractivity contribution in [3.8, 4) is 23.0 Å². The summed E-state index contributed by atoms with van der Waals surface area (Å²) in [5.74, 6) is 1.31. The van der Waals surface area contributed by atoms with Crippen LogP contribution in [0.15, 0.2) is 56.8 Å². The topological polar surface area (TPSA) is 93.9 Å². The minimum absolute atomic E-state index is 0.0715. The Morgan fingerprint density at radius 3 is 2.59 bits per heavy atom. The SMILES string of the molecule is Cc1cccc(-c2nc(S(=O)(=O)c3ccc4c(c3)OCCO4)c(NCCCN(C)C)o2)c1. The van der Waals surface area contributed by atoms with Crippen LogP contribution in [0.4, 0.5) is 5.88 Å². The summed E-state index contributed by atoms with van der Waals surface area (Å²) >= 11 is 0. The summed E-state index contributed by atoms with van der Waals surface area (Å²) in [5, 5.41) is 2.98. The molecule has 8 nitrogen and oxygen atoms in total. The molecule has 0 fully saturated rings. The van der Waals surface area contributed by atoms with E-state index in [-0.39, 0.29) is 21.7 Å². The molecule has 1 N–H and O–H groups in total. The van der Waals surface area contributed by atoms with Crippen molar-refractivity contribution in [3.05, 3.63) is 48.0 Å². The fourth-order valence-electron chi connectivity index (χ4n) is 3.40. The van der Waals surface area contributed by atoms with Gasteiger partial charge in [-0.3, -0.25) is 0 Å². The molecule has 32 heavy (non-hydrogen) atoms. The third kappa shape index (κ3) is 4.73. The molecule has 1 aliphatic heterocycles. The maximum atomic E-state index is 13.5. The molecule has 1 aromatic heterocycles. The summed E-state index contributed by atoms with van der Waals surface area (Å²) in [5.41, 5.74) is 1.74. The zero-order chi connectivity index (χ0) is 22.7. The molecular weight excluding hydrogens is 430 g/mol. The molecule has 0 saturated heterocycles. The predicted octanol–water partition coefficient (Wildman–Crippen LogP) is 3.62. The average Bonchev–Trinajstić information content (AvgIpc) is 3.21. The first-order chi connectivity index (χ1) is 15.3. The lowest BCUT2D eigenvalue weighted by molar-refractivity contribution is 0.171. The molecule has 0 atom stereocenters. The summed E-state index contributed by atoms with van der Waals surface area (Å²) in [4.78, 5) is 6.53. The Balaban J connectivity index is 1.71. The Hall–Kier alpha value is -3.04. The van der Waals surface area contributed by atoms with E-state index >= 15 is 0 Å². The molecule has 170 valence electrons. The Morgan fingerprint density at radius 2 is 1.84 bits per heavy atom. The van der Waals surface area contributed by atoms with E-state index in [0.29, 0.717) is 36.8 Å². The number of nitrogens with zero attached hydrogens (tertiary/aromatic N) is 2. The maximum Gasteiger partial charge on any atom is 0.233 e. The van der Waals surface area contributed by atoms with Crippen molar-refractivity contribution in [2.45, 2.75) is 23.3 Å². The molecule has 0 aliphatic carbocycles. The zero-order valence-corrected chi connectivity index (χ0v) is 19.2. The summed E-state index contributed by atoms with van der Waals surface area (Å²) in [7, 11) is 0.00909. The van der Waals surface area contributed by atoms with Gasteiger partial charge in [-0.15, -0.1) is 0 Å². The molecule has 0 unspecified atom stereocenters. The lowest BCUT2D eigenvalue weighted by Gasteiger charge is -2.18. The molecule has 0 saturated carbocycles. The molecule has 1 aliphatic rings. The highest BCUT2D eigenvalue weighted by atomic mass is 32.2. The lowest BCUT2D eigenvalue weighted by atomic mass is 10.1. The smallest absolute Gasteiger partial charge is 0.233 e. The summed E-state index contributed by atoms with van der Waals surface area (Å²) in [6.07, 6.45) is 0.816. The van der Waals surface area contributed by atoms with Crippen molar-refractivity contribution < 1.29 is 22.3 Å². The van der Waals surface area contributed by atoms with Crippen molar-refractivity contribution in [2.24, 2.45) is 0 Å². The first-order valence-electron chi connectivity index (χ1n) is 10.5. The van der Waals surface area contributed by atoms with E-state index in [9.17, 15) is 8.42 Å². The van der Waals surface area contributed by atoms with Gasteiger partial charge in [-0.25, -0.2) is 8.42 Å². The standard InChI is InChI=1S/C23H27N3O5S/c1-16-6-4-7-17(14-16)21-25-23(22(31-21)24-10-5-11-26(2)3)32(27,28)18-8-9-19-20(15-18)30-13-12-29-19/h4,6-9,14-15,24H,5,10-13H2,1-3H3. The quantitative estimate of drug-likeness (QED) is 0.513. The van der Waals surface area contributed by atoms with Gasteiger partial charge in [0.1, 0.15) is 13.2 Å². The Bertz CT molecular complexity index is 1200. The highest BCUT2D eigenvalue weighted by Gasteiger charge is 2.30. The number of aromatic nitrogens is 1. The third-order valence-corrected chi connectivity index (χ3v) is 6.67. The van der Waals surface area contributed by atoms with E-state index in [1.54, 1.807) is 6.07 Å². The van der Waals surface area contributed by atoms with Gasteiger partial charge >= 0.3 is 0 Å². The van der Waals surface area contributed by atoms with Crippen molar-refractivity contribution in [3.63, 3.8) is 0 Å². The van der Waals surface area contributed by atoms with E-state index < -0.39 is 9.84 Å². The van der Waals surface area contributed by atoms with Crippen LogP contribution in [-0.4, -0.2) is 58.7 Å². The largest absolute Gasteiger partial charge is 0.486 e. The van der Waals surface area contributed by atoms with Crippen LogP contribution in [-0.2, 0) is 9.84 Å². The van der Waals surface area contributed by atoms with Gasteiger partial charge in [-0.1, -0.05) is 17.7 Å². The molecule has 0 amide bonds. The second-order valence-electron chi connectivity index (χ2n) is 7.92. The van der Waals surface area contributed by atoms with Crippen LogP contribution in [0.2, 0.25) is 0 Å². The molecular formula is C23H27N3O5S. The van der Waals surface area contributed by atoms with Crippen LogP contribution in [0, 0.1) is 6.92 Å². The molecule has 2 aromatic carbocycles. The number of anilines is 1. The van der Waals surface area contributed by atoms with E-state index in [1.165, 1.54) is 12.1 Å². The fraction of sp³-hybridized carbons (Fsp3) is 0.348. The van der Waals surface area contributed by atoms with Crippen LogP contribution in [0.5, 0.6) is 11.5 Å². The number of fused-ring (bicyclic) bond motifs is 1. The number of hydrogen-bond acceptors (Lipinski definition) is 8. The summed E-state index contributed by atoms with van der Waals surface area (Å²) in [6.45, 7) is 4.17. The Labute approximate surface area is 188 Å². The van der Waals surface area contributed by atoms with Crippen LogP contribution < -0.4 is 14.8 Å². The van der Waals surface area contributed by atoms with Crippen LogP contribution in [0.1, 0.15) is 12.0 Å². The first-order valence-corrected chi connectivity index (χ1v) is 11.9. The number of ether oxygens (including phenoxy) is 2. The highest BCUT2D eigenvalue weighted by molar-refractivity contribution is 7.91. The molecule has 0 radical (unpaired) electrons. The molecule has 4 rings (SSSR count).